The normalized spacial score (nSPS) is 18.5. The second kappa shape index (κ2) is 7.29. The molecule has 0 N–H and O–H groups in total. The number of rotatable bonds is 3. The Morgan fingerprint density at radius 3 is 2.61 bits per heavy atom. The third-order valence-electron chi connectivity index (χ3n) is 5.22. The molecule has 2 aromatic carbocycles. The molecule has 1 fully saturated rings. The first kappa shape index (κ1) is 19.4. The molecule has 1 saturated heterocycles. The van der Waals surface area contributed by atoms with Crippen LogP contribution >= 0.6 is 0 Å². The molecule has 3 aromatic rings. The first-order valence-corrected chi connectivity index (χ1v) is 9.57. The van der Waals surface area contributed by atoms with E-state index < -0.39 is 17.8 Å². The number of para-hydroxylation sites is 2. The van der Waals surface area contributed by atoms with Gasteiger partial charge in [0, 0.05) is 18.7 Å². The van der Waals surface area contributed by atoms with E-state index in [0.717, 1.165) is 12.1 Å². The van der Waals surface area contributed by atoms with Gasteiger partial charge in [0.25, 0.3) is 5.91 Å². The van der Waals surface area contributed by atoms with Gasteiger partial charge in [-0.3, -0.25) is 4.79 Å². The highest BCUT2D eigenvalue weighted by Crippen LogP contribution is 2.34. The smallest absolute Gasteiger partial charge is 0.416 e. The SMILES string of the molecule is O=C(C1COc2ccccc2O1)N1CC(c2nc(-c3cccc(C(F)(F)F)c3)no2)C1. The van der Waals surface area contributed by atoms with Crippen molar-refractivity contribution in [1.29, 1.82) is 0 Å². The van der Waals surface area contributed by atoms with Crippen molar-refractivity contribution >= 4 is 5.91 Å². The third-order valence-corrected chi connectivity index (χ3v) is 5.22. The van der Waals surface area contributed by atoms with Crippen LogP contribution in [0.4, 0.5) is 13.2 Å². The zero-order valence-corrected chi connectivity index (χ0v) is 16.0. The molecule has 160 valence electrons. The summed E-state index contributed by atoms with van der Waals surface area (Å²) in [5.41, 5.74) is -0.573. The highest BCUT2D eigenvalue weighted by atomic mass is 19.4. The molecular weight excluding hydrogens is 415 g/mol. The Labute approximate surface area is 174 Å². The topological polar surface area (TPSA) is 77.7 Å². The Kier molecular flexibility index (Phi) is 4.57. The van der Waals surface area contributed by atoms with E-state index in [-0.39, 0.29) is 35.7 Å². The largest absolute Gasteiger partial charge is 0.485 e. The number of hydrogen-bond acceptors (Lipinski definition) is 6. The molecule has 3 heterocycles. The van der Waals surface area contributed by atoms with E-state index in [9.17, 15) is 18.0 Å². The minimum absolute atomic E-state index is 0.0755. The van der Waals surface area contributed by atoms with E-state index in [1.807, 2.05) is 6.07 Å². The van der Waals surface area contributed by atoms with E-state index in [4.69, 9.17) is 14.0 Å². The number of likely N-dealkylation sites (tertiary alicyclic amines) is 1. The maximum atomic E-state index is 12.9. The predicted octanol–water partition coefficient (Wildman–Crippen LogP) is 3.52. The molecule has 1 aromatic heterocycles. The Bertz CT molecular complexity index is 1120. The lowest BCUT2D eigenvalue weighted by Gasteiger charge is -2.39. The Balaban J connectivity index is 1.22. The molecule has 1 atom stereocenters. The fourth-order valence-electron chi connectivity index (χ4n) is 3.51. The van der Waals surface area contributed by atoms with Crippen molar-refractivity contribution in [2.45, 2.75) is 18.2 Å². The van der Waals surface area contributed by atoms with Crippen molar-refractivity contribution < 1.29 is 32.0 Å². The van der Waals surface area contributed by atoms with E-state index in [1.54, 1.807) is 23.1 Å². The fraction of sp³-hybridized carbons (Fsp3) is 0.286. The van der Waals surface area contributed by atoms with Gasteiger partial charge in [-0.1, -0.05) is 29.4 Å². The van der Waals surface area contributed by atoms with Crippen LogP contribution in [0.2, 0.25) is 0 Å². The van der Waals surface area contributed by atoms with Gasteiger partial charge in [-0.25, -0.2) is 0 Å². The van der Waals surface area contributed by atoms with Gasteiger partial charge in [0.1, 0.15) is 6.61 Å². The summed E-state index contributed by atoms with van der Waals surface area (Å²) in [4.78, 5) is 18.5. The van der Waals surface area contributed by atoms with Crippen LogP contribution < -0.4 is 9.47 Å². The molecule has 5 rings (SSSR count). The molecule has 2 aliphatic heterocycles. The van der Waals surface area contributed by atoms with Gasteiger partial charge in [-0.15, -0.1) is 0 Å². The van der Waals surface area contributed by atoms with Crippen molar-refractivity contribution in [3.8, 4) is 22.9 Å². The summed E-state index contributed by atoms with van der Waals surface area (Å²) >= 11 is 0. The molecule has 31 heavy (non-hydrogen) atoms. The first-order chi connectivity index (χ1) is 14.9. The standard InChI is InChI=1S/C21H16F3N3O4/c22-21(23,24)14-5-3-4-12(8-14)18-25-19(31-26-18)13-9-27(10-13)20(28)17-11-29-15-6-1-2-7-16(15)30-17/h1-8,13,17H,9-11H2. The number of hydrogen-bond donors (Lipinski definition) is 0. The summed E-state index contributed by atoms with van der Waals surface area (Å²) in [6.07, 6.45) is -5.19. The number of aromatic nitrogens is 2. The number of carbonyl (C=O) groups is 1. The Hall–Kier alpha value is -3.56. The summed E-state index contributed by atoms with van der Waals surface area (Å²) in [5, 5.41) is 3.80. The molecule has 7 nitrogen and oxygen atoms in total. The molecule has 1 unspecified atom stereocenters. The van der Waals surface area contributed by atoms with Gasteiger partial charge < -0.3 is 18.9 Å². The predicted molar refractivity (Wildman–Crippen MR) is 100 cm³/mol. The third kappa shape index (κ3) is 3.69. The van der Waals surface area contributed by atoms with Crippen LogP contribution in [-0.2, 0) is 11.0 Å². The Morgan fingerprint density at radius 2 is 1.84 bits per heavy atom. The van der Waals surface area contributed by atoms with E-state index in [0.29, 0.717) is 24.6 Å². The van der Waals surface area contributed by atoms with Crippen LogP contribution in [0.15, 0.2) is 53.1 Å². The lowest BCUT2D eigenvalue weighted by molar-refractivity contribution is -0.146. The number of carbonyl (C=O) groups excluding carboxylic acids is 1. The zero-order chi connectivity index (χ0) is 21.6. The number of nitrogens with zero attached hydrogens (tertiary/aromatic N) is 3. The van der Waals surface area contributed by atoms with Crippen molar-refractivity contribution in [2.24, 2.45) is 0 Å². The molecule has 0 radical (unpaired) electrons. The summed E-state index contributed by atoms with van der Waals surface area (Å²) in [5.74, 6) is 1.08. The van der Waals surface area contributed by atoms with Crippen molar-refractivity contribution in [2.75, 3.05) is 19.7 Å². The second-order valence-corrected chi connectivity index (χ2v) is 7.34. The average Bonchev–Trinajstić information content (AvgIpc) is 3.21. The van der Waals surface area contributed by atoms with Crippen molar-refractivity contribution in [1.82, 2.24) is 15.0 Å². The molecule has 0 saturated carbocycles. The van der Waals surface area contributed by atoms with E-state index in [2.05, 4.69) is 10.1 Å². The van der Waals surface area contributed by atoms with Gasteiger partial charge >= 0.3 is 6.18 Å². The van der Waals surface area contributed by atoms with Gasteiger partial charge in [0.15, 0.2) is 11.5 Å². The number of benzene rings is 2. The van der Waals surface area contributed by atoms with Crippen molar-refractivity contribution in [3.63, 3.8) is 0 Å². The number of alkyl halides is 3. The first-order valence-electron chi connectivity index (χ1n) is 9.57. The fourth-order valence-corrected chi connectivity index (χ4v) is 3.51. The van der Waals surface area contributed by atoms with Gasteiger partial charge in [-0.05, 0) is 24.3 Å². The average molecular weight is 431 g/mol. The minimum atomic E-state index is -4.46. The monoisotopic (exact) mass is 431 g/mol. The number of ether oxygens (including phenoxy) is 2. The van der Waals surface area contributed by atoms with Crippen LogP contribution in [0.3, 0.4) is 0 Å². The van der Waals surface area contributed by atoms with Crippen LogP contribution in [0.1, 0.15) is 17.4 Å². The van der Waals surface area contributed by atoms with Crippen molar-refractivity contribution in [3.05, 3.63) is 60.0 Å². The molecule has 2 aliphatic rings. The summed E-state index contributed by atoms with van der Waals surface area (Å²) in [6, 6.07) is 11.9. The summed E-state index contributed by atoms with van der Waals surface area (Å²) in [7, 11) is 0. The van der Waals surface area contributed by atoms with Gasteiger partial charge in [-0.2, -0.15) is 18.2 Å². The number of halogens is 3. The molecular formula is C21H16F3N3O4. The van der Waals surface area contributed by atoms with Crippen LogP contribution in [-0.4, -0.2) is 46.7 Å². The van der Waals surface area contributed by atoms with Gasteiger partial charge in [0.2, 0.25) is 17.8 Å². The Morgan fingerprint density at radius 1 is 1.06 bits per heavy atom. The summed E-state index contributed by atoms with van der Waals surface area (Å²) < 4.78 is 55.3. The maximum Gasteiger partial charge on any atom is 0.416 e. The quantitative estimate of drug-likeness (QED) is 0.632. The van der Waals surface area contributed by atoms with Crippen LogP contribution in [0.5, 0.6) is 11.5 Å². The lowest BCUT2D eigenvalue weighted by atomic mass is 9.99. The highest BCUT2D eigenvalue weighted by molar-refractivity contribution is 5.83. The summed E-state index contributed by atoms with van der Waals surface area (Å²) in [6.45, 7) is 0.826. The molecule has 0 bridgehead atoms. The number of amides is 1. The maximum absolute atomic E-state index is 12.9. The zero-order valence-electron chi connectivity index (χ0n) is 16.0. The van der Waals surface area contributed by atoms with Gasteiger partial charge in [0.05, 0.1) is 11.5 Å². The molecule has 1 amide bonds. The highest BCUT2D eigenvalue weighted by Gasteiger charge is 2.40. The van der Waals surface area contributed by atoms with E-state index >= 15 is 0 Å². The molecule has 0 spiro atoms. The van der Waals surface area contributed by atoms with Crippen LogP contribution in [0, 0.1) is 0 Å². The lowest BCUT2D eigenvalue weighted by Crippen LogP contribution is -2.55. The van der Waals surface area contributed by atoms with Crippen LogP contribution in [0.25, 0.3) is 11.4 Å². The second-order valence-electron chi connectivity index (χ2n) is 7.34. The minimum Gasteiger partial charge on any atom is -0.485 e. The number of fused-ring (bicyclic) bond motifs is 1. The van der Waals surface area contributed by atoms with E-state index in [1.165, 1.54) is 12.1 Å². The molecule has 0 aliphatic carbocycles. The molecule has 10 heteroatoms.